The Morgan fingerprint density at radius 3 is 2.47 bits per heavy atom. The van der Waals surface area contributed by atoms with Crippen LogP contribution in [0.25, 0.3) is 6.08 Å². The predicted molar refractivity (Wildman–Crippen MR) is 79.5 cm³/mol. The number of hydrogen-bond acceptors (Lipinski definition) is 2. The van der Waals surface area contributed by atoms with Crippen LogP contribution < -0.4 is 0 Å². The molecule has 0 atom stereocenters. The summed E-state index contributed by atoms with van der Waals surface area (Å²) < 4.78 is 4.73. The molecule has 0 aromatic heterocycles. The Hall–Kier alpha value is -2.35. The number of benzene rings is 1. The maximum absolute atomic E-state index is 11.5. The molecule has 0 saturated carbocycles. The second-order valence-electron chi connectivity index (χ2n) is 3.77. The van der Waals surface area contributed by atoms with E-state index in [0.717, 1.165) is 5.56 Å². The van der Waals surface area contributed by atoms with Gasteiger partial charge in [0.1, 0.15) is 0 Å². The highest BCUT2D eigenvalue weighted by atomic mass is 16.5. The van der Waals surface area contributed by atoms with Crippen LogP contribution in [0.15, 0.2) is 72.4 Å². The van der Waals surface area contributed by atoms with Crippen molar-refractivity contribution >= 4 is 12.0 Å². The van der Waals surface area contributed by atoms with Crippen molar-refractivity contribution < 1.29 is 9.53 Å². The van der Waals surface area contributed by atoms with Gasteiger partial charge in [-0.2, -0.15) is 0 Å². The first-order valence-corrected chi connectivity index (χ1v) is 6.09. The first-order valence-electron chi connectivity index (χ1n) is 6.09. The first kappa shape index (κ1) is 14.7. The van der Waals surface area contributed by atoms with Crippen LogP contribution >= 0.6 is 0 Å². The zero-order chi connectivity index (χ0) is 13.9. The van der Waals surface area contributed by atoms with E-state index in [-0.39, 0.29) is 5.97 Å². The molecule has 1 rings (SSSR count). The minimum absolute atomic E-state index is 0.349. The second kappa shape index (κ2) is 8.70. The van der Waals surface area contributed by atoms with Crippen LogP contribution in [0.5, 0.6) is 0 Å². The van der Waals surface area contributed by atoms with E-state index in [2.05, 4.69) is 0 Å². The second-order valence-corrected chi connectivity index (χ2v) is 3.77. The molecule has 0 N–H and O–H groups in total. The van der Waals surface area contributed by atoms with Crippen molar-refractivity contribution in [1.29, 1.82) is 0 Å². The van der Waals surface area contributed by atoms with Crippen LogP contribution in [0.1, 0.15) is 12.5 Å². The SMILES string of the molecule is C/C=C/C=C/C(=C/C=C/c1ccccc1)C(=O)OC. The maximum Gasteiger partial charge on any atom is 0.337 e. The van der Waals surface area contributed by atoms with Crippen molar-refractivity contribution in [3.05, 3.63) is 77.9 Å². The van der Waals surface area contributed by atoms with Crippen molar-refractivity contribution in [2.45, 2.75) is 6.92 Å². The molecule has 0 unspecified atom stereocenters. The average Bonchev–Trinajstić information content (AvgIpc) is 2.46. The number of ether oxygens (including phenoxy) is 1. The third-order valence-electron chi connectivity index (χ3n) is 2.36. The lowest BCUT2D eigenvalue weighted by molar-refractivity contribution is -0.135. The summed E-state index contributed by atoms with van der Waals surface area (Å²) in [5, 5.41) is 0. The Labute approximate surface area is 114 Å². The van der Waals surface area contributed by atoms with Gasteiger partial charge in [-0.05, 0) is 24.6 Å². The van der Waals surface area contributed by atoms with E-state index >= 15 is 0 Å². The van der Waals surface area contributed by atoms with Crippen molar-refractivity contribution in [2.75, 3.05) is 7.11 Å². The Kier molecular flexibility index (Phi) is 6.73. The highest BCUT2D eigenvalue weighted by molar-refractivity contribution is 5.92. The van der Waals surface area contributed by atoms with Gasteiger partial charge in [0.15, 0.2) is 0 Å². The summed E-state index contributed by atoms with van der Waals surface area (Å²) in [6, 6.07) is 9.90. The zero-order valence-electron chi connectivity index (χ0n) is 11.2. The molecule has 1 aromatic rings. The standard InChI is InChI=1S/C17H18O2/c1-3-4-6-13-16(17(18)19-2)14-9-12-15-10-7-5-8-11-15/h3-14H,1-2H3/b4-3+,12-9+,13-6+,16-14-. The maximum atomic E-state index is 11.5. The predicted octanol–water partition coefficient (Wildman–Crippen LogP) is 3.93. The molecule has 19 heavy (non-hydrogen) atoms. The van der Waals surface area contributed by atoms with Crippen LogP contribution in [0.4, 0.5) is 0 Å². The molecule has 0 fully saturated rings. The number of carbonyl (C=O) groups excluding carboxylic acids is 1. The third kappa shape index (κ3) is 5.68. The molecule has 0 aliphatic heterocycles. The molecule has 98 valence electrons. The molecular formula is C17H18O2. The van der Waals surface area contributed by atoms with Gasteiger partial charge in [-0.25, -0.2) is 4.79 Å². The van der Waals surface area contributed by atoms with Crippen LogP contribution in [-0.2, 0) is 9.53 Å². The third-order valence-corrected chi connectivity index (χ3v) is 2.36. The van der Waals surface area contributed by atoms with Crippen LogP contribution in [0, 0.1) is 0 Å². The average molecular weight is 254 g/mol. The summed E-state index contributed by atoms with van der Waals surface area (Å²) in [6.45, 7) is 1.92. The van der Waals surface area contributed by atoms with Crippen molar-refractivity contribution in [2.24, 2.45) is 0 Å². The lowest BCUT2D eigenvalue weighted by Gasteiger charge is -1.97. The summed E-state index contributed by atoms with van der Waals surface area (Å²) in [4.78, 5) is 11.5. The summed E-state index contributed by atoms with van der Waals surface area (Å²) in [5.74, 6) is -0.349. The highest BCUT2D eigenvalue weighted by Crippen LogP contribution is 2.05. The first-order chi connectivity index (χ1) is 9.27. The summed E-state index contributed by atoms with van der Waals surface area (Å²) in [5.41, 5.74) is 1.59. The lowest BCUT2D eigenvalue weighted by atomic mass is 10.2. The van der Waals surface area contributed by atoms with E-state index in [1.54, 1.807) is 18.2 Å². The largest absolute Gasteiger partial charge is 0.465 e. The molecule has 0 spiro atoms. The number of methoxy groups -OCH3 is 1. The number of esters is 1. The van der Waals surface area contributed by atoms with Crippen LogP contribution in [0.2, 0.25) is 0 Å². The lowest BCUT2D eigenvalue weighted by Crippen LogP contribution is -2.01. The number of carbonyl (C=O) groups is 1. The topological polar surface area (TPSA) is 26.3 Å². The van der Waals surface area contributed by atoms with Crippen molar-refractivity contribution in [1.82, 2.24) is 0 Å². The van der Waals surface area contributed by atoms with Gasteiger partial charge < -0.3 is 4.74 Å². The van der Waals surface area contributed by atoms with Crippen LogP contribution in [0.3, 0.4) is 0 Å². The molecule has 0 radical (unpaired) electrons. The van der Waals surface area contributed by atoms with Gasteiger partial charge in [-0.3, -0.25) is 0 Å². The Bertz CT molecular complexity index is 505. The quantitative estimate of drug-likeness (QED) is 0.452. The molecule has 2 nitrogen and oxygen atoms in total. The van der Waals surface area contributed by atoms with Gasteiger partial charge >= 0.3 is 5.97 Å². The van der Waals surface area contributed by atoms with Gasteiger partial charge in [0, 0.05) is 0 Å². The fourth-order valence-electron chi connectivity index (χ4n) is 1.41. The van der Waals surface area contributed by atoms with Gasteiger partial charge in [0.05, 0.1) is 12.7 Å². The summed E-state index contributed by atoms with van der Waals surface area (Å²) in [6.07, 6.45) is 12.8. The number of rotatable bonds is 5. The molecule has 0 heterocycles. The number of hydrogen-bond donors (Lipinski definition) is 0. The van der Waals surface area contributed by atoms with E-state index in [4.69, 9.17) is 4.74 Å². The van der Waals surface area contributed by atoms with E-state index in [9.17, 15) is 4.79 Å². The van der Waals surface area contributed by atoms with Crippen molar-refractivity contribution in [3.8, 4) is 0 Å². The normalized spacial score (nSPS) is 12.6. The smallest absolute Gasteiger partial charge is 0.337 e. The minimum atomic E-state index is -0.349. The molecule has 2 heteroatoms. The fourth-order valence-corrected chi connectivity index (χ4v) is 1.41. The molecular weight excluding hydrogens is 236 g/mol. The Balaban J connectivity index is 2.83. The Morgan fingerprint density at radius 1 is 1.11 bits per heavy atom. The minimum Gasteiger partial charge on any atom is -0.465 e. The molecule has 0 amide bonds. The fraction of sp³-hybridized carbons (Fsp3) is 0.118. The van der Waals surface area contributed by atoms with Gasteiger partial charge in [0.2, 0.25) is 0 Å². The molecule has 0 aliphatic rings. The van der Waals surface area contributed by atoms with Gasteiger partial charge in [0.25, 0.3) is 0 Å². The molecule has 1 aromatic carbocycles. The van der Waals surface area contributed by atoms with E-state index in [0.29, 0.717) is 5.57 Å². The monoisotopic (exact) mass is 254 g/mol. The van der Waals surface area contributed by atoms with E-state index in [1.807, 2.05) is 61.6 Å². The van der Waals surface area contributed by atoms with E-state index in [1.165, 1.54) is 7.11 Å². The zero-order valence-corrected chi connectivity index (χ0v) is 11.2. The van der Waals surface area contributed by atoms with Gasteiger partial charge in [-0.15, -0.1) is 0 Å². The summed E-state index contributed by atoms with van der Waals surface area (Å²) >= 11 is 0. The summed E-state index contributed by atoms with van der Waals surface area (Å²) in [7, 11) is 1.38. The van der Waals surface area contributed by atoms with Crippen LogP contribution in [-0.4, -0.2) is 13.1 Å². The molecule has 0 aliphatic carbocycles. The van der Waals surface area contributed by atoms with Crippen molar-refractivity contribution in [3.63, 3.8) is 0 Å². The molecule has 0 saturated heterocycles. The number of allylic oxidation sites excluding steroid dienone is 5. The molecule has 0 bridgehead atoms. The Morgan fingerprint density at radius 2 is 1.84 bits per heavy atom. The highest BCUT2D eigenvalue weighted by Gasteiger charge is 2.03. The van der Waals surface area contributed by atoms with Gasteiger partial charge in [-0.1, -0.05) is 60.7 Å². The van der Waals surface area contributed by atoms with E-state index < -0.39 is 0 Å².